The summed E-state index contributed by atoms with van der Waals surface area (Å²) in [6, 6.07) is 16.7. The van der Waals surface area contributed by atoms with Gasteiger partial charge in [-0.15, -0.1) is 0 Å². The molecule has 7 nitrogen and oxygen atoms in total. The van der Waals surface area contributed by atoms with Crippen molar-refractivity contribution < 1.29 is 14.1 Å². The fourth-order valence-electron chi connectivity index (χ4n) is 2.78. The molecule has 0 spiro atoms. The Morgan fingerprint density at radius 2 is 1.88 bits per heavy atom. The number of benzene rings is 2. The third kappa shape index (κ3) is 3.23. The fraction of sp³-hybridized carbons (Fsp3) is 0.211. The Kier molecular flexibility index (Phi) is 4.27. The number of amides is 2. The molecule has 132 valence electrons. The number of likely N-dealkylation sites (tertiary alicyclic amines) is 1. The van der Waals surface area contributed by atoms with Crippen LogP contribution in [-0.4, -0.2) is 41.3 Å². The minimum absolute atomic E-state index is 0.0709. The van der Waals surface area contributed by atoms with Gasteiger partial charge < -0.3 is 19.5 Å². The van der Waals surface area contributed by atoms with Gasteiger partial charge in [0.1, 0.15) is 5.75 Å². The summed E-state index contributed by atoms with van der Waals surface area (Å²) < 4.78 is 10.5. The molecule has 0 saturated carbocycles. The molecule has 3 aromatic rings. The number of rotatable bonds is 4. The zero-order valence-corrected chi connectivity index (χ0v) is 14.3. The number of hydrogen-bond donors (Lipinski definition) is 1. The first-order valence-corrected chi connectivity index (χ1v) is 8.32. The molecule has 4 rings (SSSR count). The van der Waals surface area contributed by atoms with Crippen LogP contribution in [0.4, 0.5) is 10.5 Å². The van der Waals surface area contributed by atoms with Gasteiger partial charge in [0.05, 0.1) is 13.0 Å². The number of urea groups is 1. The minimum Gasteiger partial charge on any atom is -0.497 e. The van der Waals surface area contributed by atoms with Crippen molar-refractivity contribution in [1.29, 1.82) is 0 Å². The van der Waals surface area contributed by atoms with E-state index in [-0.39, 0.29) is 11.9 Å². The van der Waals surface area contributed by atoms with Crippen LogP contribution in [0.3, 0.4) is 0 Å². The second-order valence-electron chi connectivity index (χ2n) is 6.08. The highest BCUT2D eigenvalue weighted by Crippen LogP contribution is 2.28. The van der Waals surface area contributed by atoms with Crippen molar-refractivity contribution >= 4 is 11.7 Å². The van der Waals surface area contributed by atoms with Crippen molar-refractivity contribution in [3.8, 4) is 17.1 Å². The summed E-state index contributed by atoms with van der Waals surface area (Å²) in [5.41, 5.74) is 1.64. The number of ether oxygens (including phenoxy) is 1. The molecule has 2 amide bonds. The summed E-state index contributed by atoms with van der Waals surface area (Å²) in [4.78, 5) is 18.4. The molecule has 0 unspecified atom stereocenters. The van der Waals surface area contributed by atoms with Crippen LogP contribution in [0.1, 0.15) is 11.8 Å². The maximum atomic E-state index is 12.3. The molecule has 1 N–H and O–H groups in total. The van der Waals surface area contributed by atoms with E-state index >= 15 is 0 Å². The van der Waals surface area contributed by atoms with Crippen LogP contribution in [0.2, 0.25) is 0 Å². The van der Waals surface area contributed by atoms with Crippen molar-refractivity contribution in [2.24, 2.45) is 0 Å². The molecule has 7 heteroatoms. The lowest BCUT2D eigenvalue weighted by Crippen LogP contribution is -2.50. The first-order valence-electron chi connectivity index (χ1n) is 8.32. The standard InChI is InChI=1S/C19H18N4O3/c1-25-16-9-7-15(8-10-16)20-19(24)23-11-14(12-23)18-21-17(22-26-18)13-5-3-2-4-6-13/h2-10,14H,11-12H2,1H3,(H,20,24). The van der Waals surface area contributed by atoms with Gasteiger partial charge in [-0.25, -0.2) is 4.79 Å². The minimum atomic E-state index is -0.144. The van der Waals surface area contributed by atoms with Crippen LogP contribution < -0.4 is 10.1 Å². The molecular formula is C19H18N4O3. The lowest BCUT2D eigenvalue weighted by Gasteiger charge is -2.36. The number of nitrogens with one attached hydrogen (secondary N) is 1. The number of carbonyl (C=O) groups excluding carboxylic acids is 1. The number of hydrogen-bond acceptors (Lipinski definition) is 5. The van der Waals surface area contributed by atoms with E-state index in [1.165, 1.54) is 0 Å². The van der Waals surface area contributed by atoms with E-state index in [2.05, 4.69) is 15.5 Å². The Hall–Kier alpha value is -3.35. The third-order valence-corrected chi connectivity index (χ3v) is 4.33. The van der Waals surface area contributed by atoms with E-state index in [4.69, 9.17) is 9.26 Å². The summed E-state index contributed by atoms with van der Waals surface area (Å²) in [6.07, 6.45) is 0. The Morgan fingerprint density at radius 3 is 2.58 bits per heavy atom. The molecule has 0 bridgehead atoms. The molecule has 26 heavy (non-hydrogen) atoms. The Balaban J connectivity index is 1.33. The maximum absolute atomic E-state index is 12.3. The molecule has 1 aliphatic rings. The van der Waals surface area contributed by atoms with Crippen LogP contribution in [0.15, 0.2) is 59.1 Å². The monoisotopic (exact) mass is 350 g/mol. The van der Waals surface area contributed by atoms with Crippen LogP contribution in [0.25, 0.3) is 11.4 Å². The number of carbonyl (C=O) groups is 1. The predicted octanol–water partition coefficient (Wildman–Crippen LogP) is 3.38. The zero-order valence-electron chi connectivity index (χ0n) is 14.3. The highest BCUT2D eigenvalue weighted by molar-refractivity contribution is 5.90. The molecular weight excluding hydrogens is 332 g/mol. The molecule has 0 atom stereocenters. The Bertz CT molecular complexity index is 887. The highest BCUT2D eigenvalue weighted by Gasteiger charge is 2.35. The predicted molar refractivity (Wildman–Crippen MR) is 96.1 cm³/mol. The van der Waals surface area contributed by atoms with Crippen molar-refractivity contribution in [3.63, 3.8) is 0 Å². The molecule has 1 aliphatic heterocycles. The van der Waals surface area contributed by atoms with Crippen molar-refractivity contribution in [1.82, 2.24) is 15.0 Å². The van der Waals surface area contributed by atoms with Gasteiger partial charge in [0, 0.05) is 24.3 Å². The zero-order chi connectivity index (χ0) is 17.9. The van der Waals surface area contributed by atoms with E-state index in [1.54, 1.807) is 36.3 Å². The molecule has 2 aromatic carbocycles. The molecule has 2 heterocycles. The largest absolute Gasteiger partial charge is 0.497 e. The molecule has 0 radical (unpaired) electrons. The second kappa shape index (κ2) is 6.87. The van der Waals surface area contributed by atoms with Crippen LogP contribution in [0.5, 0.6) is 5.75 Å². The average molecular weight is 350 g/mol. The van der Waals surface area contributed by atoms with Gasteiger partial charge in [-0.05, 0) is 24.3 Å². The maximum Gasteiger partial charge on any atom is 0.321 e. The van der Waals surface area contributed by atoms with E-state index in [0.29, 0.717) is 24.8 Å². The second-order valence-corrected chi connectivity index (χ2v) is 6.08. The van der Waals surface area contributed by atoms with Gasteiger partial charge in [-0.1, -0.05) is 35.5 Å². The van der Waals surface area contributed by atoms with Crippen molar-refractivity contribution in [2.75, 3.05) is 25.5 Å². The highest BCUT2D eigenvalue weighted by atomic mass is 16.5. The first-order chi connectivity index (χ1) is 12.7. The van der Waals surface area contributed by atoms with Crippen molar-refractivity contribution in [2.45, 2.75) is 5.92 Å². The molecule has 1 saturated heterocycles. The summed E-state index contributed by atoms with van der Waals surface area (Å²) in [6.45, 7) is 1.11. The Labute approximate surface area is 150 Å². The van der Waals surface area contributed by atoms with Crippen LogP contribution >= 0.6 is 0 Å². The lowest BCUT2D eigenvalue weighted by atomic mass is 10.0. The van der Waals surface area contributed by atoms with E-state index in [0.717, 1.165) is 17.0 Å². The summed E-state index contributed by atoms with van der Waals surface area (Å²) in [5.74, 6) is 1.96. The normalized spacial score (nSPS) is 14.0. The van der Waals surface area contributed by atoms with Crippen molar-refractivity contribution in [3.05, 3.63) is 60.5 Å². The third-order valence-electron chi connectivity index (χ3n) is 4.33. The topological polar surface area (TPSA) is 80.5 Å². The van der Waals surface area contributed by atoms with Gasteiger partial charge in [0.15, 0.2) is 0 Å². The van der Waals surface area contributed by atoms with E-state index in [1.807, 2.05) is 30.3 Å². The van der Waals surface area contributed by atoms with Gasteiger partial charge in [0.2, 0.25) is 11.7 Å². The molecule has 1 aromatic heterocycles. The van der Waals surface area contributed by atoms with Gasteiger partial charge in [0.25, 0.3) is 0 Å². The smallest absolute Gasteiger partial charge is 0.321 e. The molecule has 1 fully saturated rings. The number of anilines is 1. The fourth-order valence-corrected chi connectivity index (χ4v) is 2.78. The van der Waals surface area contributed by atoms with Gasteiger partial charge >= 0.3 is 6.03 Å². The molecule has 0 aliphatic carbocycles. The van der Waals surface area contributed by atoms with E-state index < -0.39 is 0 Å². The summed E-state index contributed by atoms with van der Waals surface area (Å²) in [7, 11) is 1.61. The summed E-state index contributed by atoms with van der Waals surface area (Å²) in [5, 5.41) is 6.89. The lowest BCUT2D eigenvalue weighted by molar-refractivity contribution is 0.147. The SMILES string of the molecule is COc1ccc(NC(=O)N2CC(c3nc(-c4ccccc4)no3)C2)cc1. The first kappa shape index (κ1) is 16.1. The number of methoxy groups -OCH3 is 1. The Morgan fingerprint density at radius 1 is 1.15 bits per heavy atom. The van der Waals surface area contributed by atoms with Crippen LogP contribution in [0, 0.1) is 0 Å². The number of nitrogens with zero attached hydrogens (tertiary/aromatic N) is 3. The average Bonchev–Trinajstić information content (AvgIpc) is 3.11. The van der Waals surface area contributed by atoms with E-state index in [9.17, 15) is 4.79 Å². The quantitative estimate of drug-likeness (QED) is 0.780. The number of aromatic nitrogens is 2. The van der Waals surface area contributed by atoms with Gasteiger partial charge in [-0.2, -0.15) is 4.98 Å². The van der Waals surface area contributed by atoms with Crippen LogP contribution in [-0.2, 0) is 0 Å². The summed E-state index contributed by atoms with van der Waals surface area (Å²) >= 11 is 0. The van der Waals surface area contributed by atoms with Gasteiger partial charge in [-0.3, -0.25) is 0 Å².